The van der Waals surface area contributed by atoms with Gasteiger partial charge in [-0.15, -0.1) is 10.2 Å². The number of rotatable bonds is 7. The number of amides is 2. The predicted octanol–water partition coefficient (Wildman–Crippen LogP) is 5.05. The SMILES string of the molecule is Cn1c(CC(=O)Nc2cccc(C(F)(F)F)c2)nnc1SCC(=O)Nc1cccc(Cl)c1Cl. The summed E-state index contributed by atoms with van der Waals surface area (Å²) in [5.74, 6) is -0.642. The molecule has 3 rings (SSSR count). The Kier molecular flexibility index (Phi) is 7.88. The lowest BCUT2D eigenvalue weighted by Crippen LogP contribution is -2.18. The van der Waals surface area contributed by atoms with Gasteiger partial charge in [0.1, 0.15) is 5.82 Å². The smallest absolute Gasteiger partial charge is 0.326 e. The number of anilines is 2. The van der Waals surface area contributed by atoms with E-state index in [2.05, 4.69) is 20.8 Å². The molecule has 0 aliphatic rings. The van der Waals surface area contributed by atoms with Crippen LogP contribution in [0.3, 0.4) is 0 Å². The van der Waals surface area contributed by atoms with Gasteiger partial charge in [0.2, 0.25) is 11.8 Å². The third-order valence-electron chi connectivity index (χ3n) is 4.28. The Bertz CT molecular complexity index is 1190. The van der Waals surface area contributed by atoms with Crippen molar-refractivity contribution in [3.05, 3.63) is 63.9 Å². The maximum Gasteiger partial charge on any atom is 0.416 e. The zero-order chi connectivity index (χ0) is 24.2. The molecule has 174 valence electrons. The average molecular weight is 518 g/mol. The van der Waals surface area contributed by atoms with Crippen LogP contribution in [-0.2, 0) is 29.2 Å². The maximum absolute atomic E-state index is 12.8. The first-order valence-corrected chi connectivity index (χ1v) is 11.0. The van der Waals surface area contributed by atoms with Crippen LogP contribution in [-0.4, -0.2) is 32.3 Å². The van der Waals surface area contributed by atoms with Crippen molar-refractivity contribution in [2.45, 2.75) is 17.8 Å². The normalized spacial score (nSPS) is 11.3. The van der Waals surface area contributed by atoms with E-state index in [1.165, 1.54) is 16.7 Å². The molecule has 1 heterocycles. The monoisotopic (exact) mass is 517 g/mol. The molecule has 0 aliphatic carbocycles. The largest absolute Gasteiger partial charge is 0.416 e. The quantitative estimate of drug-likeness (QED) is 0.428. The van der Waals surface area contributed by atoms with Crippen LogP contribution in [0.4, 0.5) is 24.5 Å². The van der Waals surface area contributed by atoms with Gasteiger partial charge in [0.05, 0.1) is 33.5 Å². The molecular formula is C20H16Cl2F3N5O2S. The molecule has 13 heteroatoms. The number of benzene rings is 2. The van der Waals surface area contributed by atoms with Crippen LogP contribution in [0, 0.1) is 0 Å². The molecule has 7 nitrogen and oxygen atoms in total. The van der Waals surface area contributed by atoms with Gasteiger partial charge in [0, 0.05) is 12.7 Å². The molecule has 0 unspecified atom stereocenters. The number of carbonyl (C=O) groups excluding carboxylic acids is 2. The molecule has 0 radical (unpaired) electrons. The number of hydrogen-bond acceptors (Lipinski definition) is 5. The summed E-state index contributed by atoms with van der Waals surface area (Å²) in [6.45, 7) is 0. The highest BCUT2D eigenvalue weighted by Crippen LogP contribution is 2.31. The second-order valence-corrected chi connectivity index (χ2v) is 8.43. The van der Waals surface area contributed by atoms with Crippen LogP contribution in [0.15, 0.2) is 47.6 Å². The van der Waals surface area contributed by atoms with Gasteiger partial charge in [-0.05, 0) is 30.3 Å². The van der Waals surface area contributed by atoms with Gasteiger partial charge in [-0.3, -0.25) is 9.59 Å². The molecule has 3 aromatic rings. The Morgan fingerprint density at radius 2 is 1.79 bits per heavy atom. The lowest BCUT2D eigenvalue weighted by atomic mass is 10.2. The van der Waals surface area contributed by atoms with Gasteiger partial charge in [0.25, 0.3) is 0 Å². The minimum atomic E-state index is -4.51. The predicted molar refractivity (Wildman–Crippen MR) is 121 cm³/mol. The third kappa shape index (κ3) is 6.62. The zero-order valence-electron chi connectivity index (χ0n) is 16.9. The van der Waals surface area contributed by atoms with Crippen molar-refractivity contribution in [3.63, 3.8) is 0 Å². The fourth-order valence-electron chi connectivity index (χ4n) is 2.66. The van der Waals surface area contributed by atoms with Crippen molar-refractivity contribution in [1.29, 1.82) is 0 Å². The van der Waals surface area contributed by atoms with Gasteiger partial charge < -0.3 is 15.2 Å². The van der Waals surface area contributed by atoms with E-state index >= 15 is 0 Å². The summed E-state index contributed by atoms with van der Waals surface area (Å²) >= 11 is 13.1. The Hall–Kier alpha value is -2.76. The summed E-state index contributed by atoms with van der Waals surface area (Å²) < 4.78 is 40.0. The highest BCUT2D eigenvalue weighted by atomic mass is 35.5. The summed E-state index contributed by atoms with van der Waals surface area (Å²) in [7, 11) is 1.61. The number of hydrogen-bond donors (Lipinski definition) is 2. The number of thioether (sulfide) groups is 1. The molecule has 0 saturated carbocycles. The molecule has 0 bridgehead atoms. The number of nitrogens with one attached hydrogen (secondary N) is 2. The van der Waals surface area contributed by atoms with Crippen LogP contribution >= 0.6 is 35.0 Å². The van der Waals surface area contributed by atoms with Gasteiger partial charge >= 0.3 is 6.18 Å². The van der Waals surface area contributed by atoms with Gasteiger partial charge in [-0.25, -0.2) is 0 Å². The average Bonchev–Trinajstić information content (AvgIpc) is 3.08. The zero-order valence-corrected chi connectivity index (χ0v) is 19.2. The topological polar surface area (TPSA) is 88.9 Å². The van der Waals surface area contributed by atoms with Crippen molar-refractivity contribution in [2.75, 3.05) is 16.4 Å². The van der Waals surface area contributed by atoms with Crippen LogP contribution in [0.5, 0.6) is 0 Å². The van der Waals surface area contributed by atoms with E-state index in [9.17, 15) is 22.8 Å². The van der Waals surface area contributed by atoms with Gasteiger partial charge in [0.15, 0.2) is 5.16 Å². The van der Waals surface area contributed by atoms with Gasteiger partial charge in [-0.2, -0.15) is 13.2 Å². The second-order valence-electron chi connectivity index (χ2n) is 6.70. The van der Waals surface area contributed by atoms with Crippen LogP contribution in [0.1, 0.15) is 11.4 Å². The number of aromatic nitrogens is 3. The van der Waals surface area contributed by atoms with Crippen molar-refractivity contribution >= 4 is 58.2 Å². The molecule has 2 N–H and O–H groups in total. The van der Waals surface area contributed by atoms with E-state index in [0.717, 1.165) is 23.9 Å². The van der Waals surface area contributed by atoms with E-state index in [1.54, 1.807) is 25.2 Å². The molecule has 0 saturated heterocycles. The Morgan fingerprint density at radius 1 is 1.06 bits per heavy atom. The van der Waals surface area contributed by atoms with E-state index in [-0.39, 0.29) is 34.6 Å². The van der Waals surface area contributed by atoms with Crippen molar-refractivity contribution in [2.24, 2.45) is 7.05 Å². The Labute approximate surface area is 200 Å². The molecule has 2 aromatic carbocycles. The van der Waals surface area contributed by atoms with Crippen molar-refractivity contribution < 1.29 is 22.8 Å². The Morgan fingerprint density at radius 3 is 2.52 bits per heavy atom. The standard InChI is InChI=1S/C20H16Cl2F3N5O2S/c1-30-15(9-16(31)26-12-5-2-4-11(8-12)20(23,24)25)28-29-19(30)33-10-17(32)27-14-7-3-6-13(21)18(14)22/h2-8H,9-10H2,1H3,(H,26,31)(H,27,32). The van der Waals surface area contributed by atoms with Crippen LogP contribution in [0.25, 0.3) is 0 Å². The van der Waals surface area contributed by atoms with E-state index < -0.39 is 17.6 Å². The fraction of sp³-hybridized carbons (Fsp3) is 0.200. The molecule has 0 spiro atoms. The fourth-order valence-corrected chi connectivity index (χ4v) is 3.74. The number of alkyl halides is 3. The molecule has 33 heavy (non-hydrogen) atoms. The minimum Gasteiger partial charge on any atom is -0.326 e. The lowest BCUT2D eigenvalue weighted by molar-refractivity contribution is -0.137. The maximum atomic E-state index is 12.8. The van der Waals surface area contributed by atoms with Crippen molar-refractivity contribution in [3.8, 4) is 0 Å². The van der Waals surface area contributed by atoms with Crippen LogP contribution in [0.2, 0.25) is 10.0 Å². The molecule has 1 aromatic heterocycles. The first kappa shape index (κ1) is 24.9. The minimum absolute atomic E-state index is 0.00868. The summed E-state index contributed by atoms with van der Waals surface area (Å²) in [5.41, 5.74) is -0.474. The molecule has 0 atom stereocenters. The lowest BCUT2D eigenvalue weighted by Gasteiger charge is -2.10. The first-order chi connectivity index (χ1) is 15.5. The van der Waals surface area contributed by atoms with Crippen molar-refractivity contribution in [1.82, 2.24) is 14.8 Å². The van der Waals surface area contributed by atoms with E-state index in [4.69, 9.17) is 23.2 Å². The highest BCUT2D eigenvalue weighted by molar-refractivity contribution is 7.99. The molecule has 0 aliphatic heterocycles. The first-order valence-electron chi connectivity index (χ1n) is 9.26. The number of halogens is 5. The number of carbonyl (C=O) groups is 2. The summed E-state index contributed by atoms with van der Waals surface area (Å²) in [5, 5.41) is 13.8. The number of nitrogens with zero attached hydrogens (tertiary/aromatic N) is 3. The second kappa shape index (κ2) is 10.4. The van der Waals surface area contributed by atoms with E-state index in [1.807, 2.05) is 0 Å². The summed E-state index contributed by atoms with van der Waals surface area (Å²) in [6.07, 6.45) is -4.73. The van der Waals surface area contributed by atoms with Gasteiger partial charge in [-0.1, -0.05) is 47.1 Å². The Balaban J connectivity index is 1.56. The molecular weight excluding hydrogens is 502 g/mol. The van der Waals surface area contributed by atoms with E-state index in [0.29, 0.717) is 15.9 Å². The summed E-state index contributed by atoms with van der Waals surface area (Å²) in [4.78, 5) is 24.5. The summed E-state index contributed by atoms with van der Waals surface area (Å²) in [6, 6.07) is 9.18. The molecule has 2 amide bonds. The highest BCUT2D eigenvalue weighted by Gasteiger charge is 2.30. The third-order valence-corrected chi connectivity index (χ3v) is 6.11. The molecule has 0 fully saturated rings. The van der Waals surface area contributed by atoms with Crippen LogP contribution < -0.4 is 10.6 Å².